The van der Waals surface area contributed by atoms with Crippen molar-refractivity contribution in [2.45, 2.75) is 51.5 Å². The van der Waals surface area contributed by atoms with E-state index in [9.17, 15) is 0 Å². The zero-order valence-electron chi connectivity index (χ0n) is 11.4. The molecular weight excluding hydrogens is 222 g/mol. The number of aromatic nitrogens is 2. The Hall–Kier alpha value is -1.09. The van der Waals surface area contributed by atoms with Gasteiger partial charge in [-0.05, 0) is 18.9 Å². The number of hydrogen-bond acceptors (Lipinski definition) is 2. The molecule has 0 saturated heterocycles. The molecule has 3 heteroatoms. The molecule has 1 aliphatic rings. The fourth-order valence-electron chi connectivity index (χ4n) is 2.66. The third-order valence-corrected chi connectivity index (χ3v) is 4.16. The van der Waals surface area contributed by atoms with E-state index in [4.69, 9.17) is 10.8 Å². The Labute approximate surface area is 110 Å². The van der Waals surface area contributed by atoms with E-state index in [1.54, 1.807) is 0 Å². The van der Waals surface area contributed by atoms with E-state index in [1.165, 1.54) is 32.1 Å². The van der Waals surface area contributed by atoms with E-state index in [1.807, 2.05) is 6.08 Å². The van der Waals surface area contributed by atoms with Crippen molar-refractivity contribution in [3.8, 4) is 0 Å². The largest absolute Gasteiger partial charge is 0.330 e. The lowest BCUT2D eigenvalue weighted by Gasteiger charge is -2.23. The van der Waals surface area contributed by atoms with Gasteiger partial charge in [0.25, 0.3) is 0 Å². The van der Waals surface area contributed by atoms with Gasteiger partial charge < -0.3 is 5.73 Å². The Morgan fingerprint density at radius 2 is 2.22 bits per heavy atom. The van der Waals surface area contributed by atoms with Gasteiger partial charge in [0, 0.05) is 24.6 Å². The van der Waals surface area contributed by atoms with E-state index in [2.05, 4.69) is 30.4 Å². The maximum atomic E-state index is 5.81. The van der Waals surface area contributed by atoms with Gasteiger partial charge in [0.15, 0.2) is 0 Å². The van der Waals surface area contributed by atoms with Crippen molar-refractivity contribution in [3.63, 3.8) is 0 Å². The third kappa shape index (κ3) is 3.02. The minimum atomic E-state index is -0.0360. The molecule has 1 atom stereocenters. The maximum absolute atomic E-state index is 5.81. The van der Waals surface area contributed by atoms with E-state index >= 15 is 0 Å². The quantitative estimate of drug-likeness (QED) is 0.813. The van der Waals surface area contributed by atoms with Gasteiger partial charge in [0.1, 0.15) is 0 Å². The van der Waals surface area contributed by atoms with Gasteiger partial charge >= 0.3 is 0 Å². The van der Waals surface area contributed by atoms with Crippen LogP contribution in [0.2, 0.25) is 0 Å². The second kappa shape index (κ2) is 5.70. The van der Waals surface area contributed by atoms with Gasteiger partial charge in [-0.25, -0.2) is 0 Å². The van der Waals surface area contributed by atoms with Gasteiger partial charge in [-0.3, -0.25) is 4.68 Å². The topological polar surface area (TPSA) is 43.8 Å². The zero-order chi connectivity index (χ0) is 13.0. The fraction of sp³-hybridized carbons (Fsp3) is 0.667. The highest BCUT2D eigenvalue weighted by molar-refractivity contribution is 5.07. The van der Waals surface area contributed by atoms with Crippen LogP contribution in [0.25, 0.3) is 0 Å². The van der Waals surface area contributed by atoms with Gasteiger partial charge in [-0.1, -0.05) is 32.3 Å². The molecule has 100 valence electrons. The highest BCUT2D eigenvalue weighted by Crippen LogP contribution is 2.28. The minimum absolute atomic E-state index is 0.0360. The summed E-state index contributed by atoms with van der Waals surface area (Å²) in [5, 5.41) is 4.73. The summed E-state index contributed by atoms with van der Waals surface area (Å²) in [5.74, 6) is 0. The van der Waals surface area contributed by atoms with Crippen molar-refractivity contribution < 1.29 is 0 Å². The third-order valence-electron chi connectivity index (χ3n) is 4.16. The van der Waals surface area contributed by atoms with Crippen molar-refractivity contribution in [3.05, 3.63) is 30.6 Å². The molecule has 1 fully saturated rings. The standard InChI is InChI=1S/C15H25N3/c1-3-15(2,12-16)11-13-9-10-18(17-13)14-7-5-4-6-8-14/h3,9-10,14H,1,4-8,11-12,16H2,2H3. The van der Waals surface area contributed by atoms with Crippen molar-refractivity contribution in [1.29, 1.82) is 0 Å². The molecule has 0 aromatic carbocycles. The molecule has 1 saturated carbocycles. The van der Waals surface area contributed by atoms with Crippen LogP contribution in [0, 0.1) is 5.41 Å². The molecule has 1 aromatic heterocycles. The Balaban J connectivity index is 2.03. The molecule has 1 aliphatic carbocycles. The van der Waals surface area contributed by atoms with Crippen LogP contribution in [0.15, 0.2) is 24.9 Å². The van der Waals surface area contributed by atoms with Crippen LogP contribution < -0.4 is 5.73 Å². The highest BCUT2D eigenvalue weighted by Gasteiger charge is 2.21. The SMILES string of the molecule is C=CC(C)(CN)Cc1ccn(C2CCCCC2)n1. The monoisotopic (exact) mass is 247 g/mol. The summed E-state index contributed by atoms with van der Waals surface area (Å²) < 4.78 is 2.16. The van der Waals surface area contributed by atoms with Crippen LogP contribution in [0.1, 0.15) is 50.8 Å². The summed E-state index contributed by atoms with van der Waals surface area (Å²) in [4.78, 5) is 0. The first-order valence-electron chi connectivity index (χ1n) is 7.04. The van der Waals surface area contributed by atoms with Crippen molar-refractivity contribution in [2.24, 2.45) is 11.1 Å². The normalized spacial score (nSPS) is 20.6. The average molecular weight is 247 g/mol. The molecule has 0 bridgehead atoms. The lowest BCUT2D eigenvalue weighted by molar-refractivity contribution is 0.326. The second-order valence-corrected chi connectivity index (χ2v) is 5.82. The molecule has 18 heavy (non-hydrogen) atoms. The Kier molecular flexibility index (Phi) is 4.23. The summed E-state index contributed by atoms with van der Waals surface area (Å²) in [6.07, 6.45) is 11.6. The molecule has 1 heterocycles. The predicted octanol–water partition coefficient (Wildman–Crippen LogP) is 3.08. The first kappa shape index (κ1) is 13.3. The van der Waals surface area contributed by atoms with Crippen LogP contribution in [-0.4, -0.2) is 16.3 Å². The number of rotatable bonds is 5. The maximum Gasteiger partial charge on any atom is 0.0633 e. The molecule has 2 rings (SSSR count). The van der Waals surface area contributed by atoms with Gasteiger partial charge in [-0.15, -0.1) is 6.58 Å². The number of nitrogens with zero attached hydrogens (tertiary/aromatic N) is 2. The average Bonchev–Trinajstić information content (AvgIpc) is 2.88. The molecule has 0 radical (unpaired) electrons. The minimum Gasteiger partial charge on any atom is -0.330 e. The number of nitrogens with two attached hydrogens (primary N) is 1. The zero-order valence-corrected chi connectivity index (χ0v) is 11.4. The van der Waals surface area contributed by atoms with Crippen LogP contribution in [0.4, 0.5) is 0 Å². The molecule has 0 amide bonds. The summed E-state index contributed by atoms with van der Waals surface area (Å²) in [5.41, 5.74) is 6.91. The van der Waals surface area contributed by atoms with Crippen molar-refractivity contribution in [1.82, 2.24) is 9.78 Å². The summed E-state index contributed by atoms with van der Waals surface area (Å²) in [6, 6.07) is 2.74. The first-order chi connectivity index (χ1) is 8.67. The smallest absolute Gasteiger partial charge is 0.0633 e. The molecule has 3 nitrogen and oxygen atoms in total. The van der Waals surface area contributed by atoms with E-state index in [0.717, 1.165) is 12.1 Å². The van der Waals surface area contributed by atoms with Gasteiger partial charge in [-0.2, -0.15) is 5.10 Å². The number of hydrogen-bond donors (Lipinski definition) is 1. The molecule has 2 N–H and O–H groups in total. The molecule has 1 unspecified atom stereocenters. The second-order valence-electron chi connectivity index (χ2n) is 5.82. The lowest BCUT2D eigenvalue weighted by atomic mass is 9.86. The van der Waals surface area contributed by atoms with E-state index < -0.39 is 0 Å². The highest BCUT2D eigenvalue weighted by atomic mass is 15.3. The molecule has 0 spiro atoms. The summed E-state index contributed by atoms with van der Waals surface area (Å²) in [7, 11) is 0. The van der Waals surface area contributed by atoms with Gasteiger partial charge in [0.2, 0.25) is 0 Å². The lowest BCUT2D eigenvalue weighted by Crippen LogP contribution is -2.27. The van der Waals surface area contributed by atoms with Gasteiger partial charge in [0.05, 0.1) is 11.7 Å². The first-order valence-corrected chi connectivity index (χ1v) is 7.04. The Bertz CT molecular complexity index is 390. The Morgan fingerprint density at radius 1 is 1.50 bits per heavy atom. The van der Waals surface area contributed by atoms with Crippen LogP contribution >= 0.6 is 0 Å². The fourth-order valence-corrected chi connectivity index (χ4v) is 2.66. The molecule has 0 aliphatic heterocycles. The van der Waals surface area contributed by atoms with Crippen LogP contribution in [-0.2, 0) is 6.42 Å². The molecule has 1 aromatic rings. The summed E-state index contributed by atoms with van der Waals surface area (Å²) >= 11 is 0. The van der Waals surface area contributed by atoms with Crippen molar-refractivity contribution in [2.75, 3.05) is 6.54 Å². The van der Waals surface area contributed by atoms with Crippen LogP contribution in [0.5, 0.6) is 0 Å². The van der Waals surface area contributed by atoms with Crippen molar-refractivity contribution >= 4 is 0 Å². The Morgan fingerprint density at radius 3 is 2.83 bits per heavy atom. The van der Waals surface area contributed by atoms with Crippen LogP contribution in [0.3, 0.4) is 0 Å². The van der Waals surface area contributed by atoms with E-state index in [0.29, 0.717) is 12.6 Å². The summed E-state index contributed by atoms with van der Waals surface area (Å²) in [6.45, 7) is 6.64. The van der Waals surface area contributed by atoms with E-state index in [-0.39, 0.29) is 5.41 Å². The predicted molar refractivity (Wildman–Crippen MR) is 75.4 cm³/mol. The molecular formula is C15H25N3.